The number of barbiturate groups is 1. The van der Waals surface area contributed by atoms with Crippen LogP contribution in [0.2, 0.25) is 10.0 Å². The minimum atomic E-state index is -1.00. The summed E-state index contributed by atoms with van der Waals surface area (Å²) in [6, 6.07) is 13.2. The van der Waals surface area contributed by atoms with Gasteiger partial charge in [0.15, 0.2) is 0 Å². The molecule has 4 rings (SSSR count). The van der Waals surface area contributed by atoms with E-state index in [1.165, 1.54) is 36.4 Å². The van der Waals surface area contributed by atoms with Crippen LogP contribution < -0.4 is 15.0 Å². The number of carboxylic acid groups (broad SMARTS) is 1. The van der Waals surface area contributed by atoms with E-state index in [9.17, 15) is 19.2 Å². The number of ether oxygens (including phenoxy) is 1. The Bertz CT molecular complexity index is 1470. The van der Waals surface area contributed by atoms with Crippen LogP contribution in [0, 0.1) is 7.14 Å². The molecule has 37 heavy (non-hydrogen) atoms. The first-order valence-electron chi connectivity index (χ1n) is 10.4. The average molecular weight is 763 g/mol. The van der Waals surface area contributed by atoms with E-state index in [1.54, 1.807) is 24.3 Å². The van der Waals surface area contributed by atoms with Gasteiger partial charge in [-0.15, -0.1) is 0 Å². The molecule has 1 fully saturated rings. The molecular weight excluding hydrogens is 749 g/mol. The maximum Gasteiger partial charge on any atom is 0.335 e. The van der Waals surface area contributed by atoms with Crippen LogP contribution in [-0.4, -0.2) is 28.9 Å². The number of halogens is 4. The first kappa shape index (κ1) is 27.4. The maximum absolute atomic E-state index is 13.2. The molecule has 188 valence electrons. The van der Waals surface area contributed by atoms with Crippen molar-refractivity contribution in [2.24, 2.45) is 0 Å². The third kappa shape index (κ3) is 6.08. The molecule has 0 aromatic heterocycles. The van der Waals surface area contributed by atoms with Crippen LogP contribution in [0.1, 0.15) is 21.5 Å². The van der Waals surface area contributed by atoms with Crippen molar-refractivity contribution >= 4 is 104 Å². The molecule has 2 N–H and O–H groups in total. The highest BCUT2D eigenvalue weighted by atomic mass is 127. The third-order valence-electron chi connectivity index (χ3n) is 5.17. The Kier molecular flexibility index (Phi) is 8.41. The van der Waals surface area contributed by atoms with Gasteiger partial charge in [0, 0.05) is 5.02 Å². The smallest absolute Gasteiger partial charge is 0.335 e. The van der Waals surface area contributed by atoms with Gasteiger partial charge in [-0.1, -0.05) is 35.3 Å². The van der Waals surface area contributed by atoms with E-state index >= 15 is 0 Å². The van der Waals surface area contributed by atoms with Crippen molar-refractivity contribution < 1.29 is 29.0 Å². The van der Waals surface area contributed by atoms with E-state index in [1.807, 2.05) is 0 Å². The van der Waals surface area contributed by atoms with Crippen LogP contribution in [0.3, 0.4) is 0 Å². The molecule has 12 heteroatoms. The molecule has 3 aromatic rings. The summed E-state index contributed by atoms with van der Waals surface area (Å²) in [5, 5.41) is 11.6. The number of carbonyl (C=O) groups is 4. The van der Waals surface area contributed by atoms with E-state index in [0.717, 1.165) is 17.6 Å². The summed E-state index contributed by atoms with van der Waals surface area (Å²) in [6.07, 6.45) is 1.39. The fraction of sp³-hybridized carbons (Fsp3) is 0.0400. The van der Waals surface area contributed by atoms with Gasteiger partial charge in [0.05, 0.1) is 23.4 Å². The summed E-state index contributed by atoms with van der Waals surface area (Å²) < 4.78 is 7.38. The number of benzene rings is 3. The van der Waals surface area contributed by atoms with Crippen LogP contribution in [-0.2, 0) is 16.2 Å². The van der Waals surface area contributed by atoms with Gasteiger partial charge in [-0.25, -0.2) is 14.5 Å². The molecule has 0 aliphatic carbocycles. The Hall–Kier alpha value is -2.68. The number of anilines is 1. The zero-order valence-corrected chi connectivity index (χ0v) is 24.3. The number of hydrogen-bond acceptors (Lipinski definition) is 5. The normalized spacial score (nSPS) is 14.6. The van der Waals surface area contributed by atoms with Gasteiger partial charge >= 0.3 is 12.0 Å². The Balaban J connectivity index is 1.59. The van der Waals surface area contributed by atoms with E-state index in [0.29, 0.717) is 16.3 Å². The summed E-state index contributed by atoms with van der Waals surface area (Å²) in [6.45, 7) is 0.214. The molecule has 1 saturated heterocycles. The van der Waals surface area contributed by atoms with Crippen molar-refractivity contribution in [2.75, 3.05) is 4.90 Å². The van der Waals surface area contributed by atoms with Gasteiger partial charge in [-0.2, -0.15) is 0 Å². The van der Waals surface area contributed by atoms with E-state index in [4.69, 9.17) is 33.0 Å². The maximum atomic E-state index is 13.2. The number of aromatic carboxylic acids is 1. The van der Waals surface area contributed by atoms with Crippen LogP contribution >= 0.6 is 68.4 Å². The Morgan fingerprint density at radius 3 is 2.24 bits per heavy atom. The number of nitrogens with zero attached hydrogens (tertiary/aromatic N) is 1. The average Bonchev–Trinajstić information content (AvgIpc) is 2.82. The topological polar surface area (TPSA) is 113 Å². The molecule has 0 atom stereocenters. The van der Waals surface area contributed by atoms with E-state index in [-0.39, 0.29) is 28.5 Å². The van der Waals surface area contributed by atoms with Crippen molar-refractivity contribution in [1.82, 2.24) is 5.32 Å². The van der Waals surface area contributed by atoms with E-state index < -0.39 is 23.8 Å². The molecule has 1 aliphatic rings. The minimum Gasteiger partial charge on any atom is -0.487 e. The predicted octanol–water partition coefficient (Wildman–Crippen LogP) is 6.15. The minimum absolute atomic E-state index is 0.0768. The van der Waals surface area contributed by atoms with Crippen LogP contribution in [0.5, 0.6) is 5.75 Å². The summed E-state index contributed by atoms with van der Waals surface area (Å²) in [5.41, 5.74) is 1.37. The second kappa shape index (κ2) is 11.4. The van der Waals surface area contributed by atoms with Gasteiger partial charge in [0.25, 0.3) is 11.8 Å². The Labute approximate surface area is 247 Å². The molecule has 1 heterocycles. The molecule has 0 bridgehead atoms. The van der Waals surface area contributed by atoms with Crippen molar-refractivity contribution in [3.05, 3.63) is 94.0 Å². The number of imide groups is 2. The van der Waals surface area contributed by atoms with Crippen molar-refractivity contribution in [2.45, 2.75) is 6.61 Å². The zero-order chi connectivity index (χ0) is 26.9. The number of urea groups is 1. The van der Waals surface area contributed by atoms with Crippen LogP contribution in [0.15, 0.2) is 60.2 Å². The summed E-state index contributed by atoms with van der Waals surface area (Å²) in [7, 11) is 0. The molecule has 0 saturated carbocycles. The lowest BCUT2D eigenvalue weighted by atomic mass is 10.1. The highest BCUT2D eigenvalue weighted by Crippen LogP contribution is 2.33. The predicted molar refractivity (Wildman–Crippen MR) is 155 cm³/mol. The lowest BCUT2D eigenvalue weighted by molar-refractivity contribution is -0.122. The zero-order valence-electron chi connectivity index (χ0n) is 18.4. The third-order valence-corrected chi connectivity index (χ3v) is 7.31. The summed E-state index contributed by atoms with van der Waals surface area (Å²) in [5.74, 6) is -2.07. The molecule has 0 spiro atoms. The molecular formula is C25H14Cl2I2N2O6. The molecule has 0 unspecified atom stereocenters. The largest absolute Gasteiger partial charge is 0.487 e. The first-order chi connectivity index (χ1) is 17.5. The highest BCUT2D eigenvalue weighted by Gasteiger charge is 2.37. The summed E-state index contributed by atoms with van der Waals surface area (Å²) in [4.78, 5) is 50.0. The second-order valence-corrected chi connectivity index (χ2v) is 10.8. The molecule has 0 radical (unpaired) electrons. The second-order valence-electron chi connectivity index (χ2n) is 7.66. The highest BCUT2D eigenvalue weighted by molar-refractivity contribution is 14.1. The number of amides is 4. The first-order valence-corrected chi connectivity index (χ1v) is 13.3. The number of rotatable bonds is 6. The van der Waals surface area contributed by atoms with Crippen LogP contribution in [0.4, 0.5) is 10.5 Å². The molecule has 3 aromatic carbocycles. The quantitative estimate of drug-likeness (QED) is 0.177. The number of carbonyl (C=O) groups excluding carboxylic acids is 3. The van der Waals surface area contributed by atoms with Crippen molar-refractivity contribution in [1.29, 1.82) is 0 Å². The SMILES string of the molecule is O=C1NC(=O)N(c2ccc(Cl)cc2Cl)C(=O)/C1=C/c1cc(I)c(OCc2ccc(C(=O)O)cc2)c(I)c1. The fourth-order valence-electron chi connectivity index (χ4n) is 3.41. The van der Waals surface area contributed by atoms with Crippen LogP contribution in [0.25, 0.3) is 6.08 Å². The van der Waals surface area contributed by atoms with Gasteiger partial charge in [-0.3, -0.25) is 14.9 Å². The van der Waals surface area contributed by atoms with E-state index in [2.05, 4.69) is 50.5 Å². The van der Waals surface area contributed by atoms with Gasteiger partial charge in [-0.05, 0) is 105 Å². The number of nitrogens with one attached hydrogen (secondary N) is 1. The lowest BCUT2D eigenvalue weighted by Crippen LogP contribution is -2.54. The lowest BCUT2D eigenvalue weighted by Gasteiger charge is -2.27. The Morgan fingerprint density at radius 2 is 1.65 bits per heavy atom. The monoisotopic (exact) mass is 762 g/mol. The van der Waals surface area contributed by atoms with Gasteiger partial charge in [0.1, 0.15) is 17.9 Å². The fourth-order valence-corrected chi connectivity index (χ4v) is 6.03. The number of hydrogen-bond donors (Lipinski definition) is 2. The molecule has 1 aliphatic heterocycles. The number of carboxylic acids is 1. The summed E-state index contributed by atoms with van der Waals surface area (Å²) >= 11 is 16.3. The molecule has 4 amide bonds. The van der Waals surface area contributed by atoms with Gasteiger partial charge < -0.3 is 9.84 Å². The van der Waals surface area contributed by atoms with Crippen molar-refractivity contribution in [3.63, 3.8) is 0 Å². The van der Waals surface area contributed by atoms with Gasteiger partial charge in [0.2, 0.25) is 0 Å². The molecule has 8 nitrogen and oxygen atoms in total. The standard InChI is InChI=1S/C25H14Cl2I2N2O6/c26-15-5-6-20(17(27)10-15)31-23(33)16(22(32)30-25(31)36)7-13-8-18(28)21(19(29)9-13)37-11-12-1-3-14(4-2-12)24(34)35/h1-10H,11H2,(H,34,35)(H,30,32,36)/b16-7+. The Morgan fingerprint density at radius 1 is 1.00 bits per heavy atom. The van der Waals surface area contributed by atoms with Crippen molar-refractivity contribution in [3.8, 4) is 5.75 Å².